The predicted octanol–water partition coefficient (Wildman–Crippen LogP) is 7.60. The van der Waals surface area contributed by atoms with Crippen molar-refractivity contribution in [1.82, 2.24) is 0 Å². The summed E-state index contributed by atoms with van der Waals surface area (Å²) in [5.74, 6) is -0.257. The Morgan fingerprint density at radius 2 is 0.780 bits per heavy atom. The first-order valence-electron chi connectivity index (χ1n) is 15.8. The smallest absolute Gasteiger partial charge is 0.433 e. The minimum Gasteiger partial charge on any atom is -0.479 e. The van der Waals surface area contributed by atoms with Crippen LogP contribution in [0.1, 0.15) is 0 Å². The Morgan fingerprint density at radius 3 is 1.24 bits per heavy atom. The molecule has 6 aromatic rings. The summed E-state index contributed by atoms with van der Waals surface area (Å²) in [5, 5.41) is 5.15. The van der Waals surface area contributed by atoms with Gasteiger partial charge in [-0.15, -0.1) is 0 Å². The average molecular weight is 711 g/mol. The molecule has 0 atom stereocenters. The molecule has 0 amide bonds. The number of rotatable bonds is 7. The molecule has 2 heterocycles. The van der Waals surface area contributed by atoms with Gasteiger partial charge in [0.05, 0.1) is 0 Å². The lowest BCUT2D eigenvalue weighted by Gasteiger charge is -2.34. The standard InChI is InChI=1S/C40H28F4O4P2/c41-39(42)26-46-37-32(47-39)22-24-33(49(27-13-5-1-6-14-27)28-15-7-2-8-16-28)35(37)36-34(23-21-31-38(36)48-40(43,44)25-45-31)50(29-17-9-3-10-18-29)30-19-11-4-12-20-30/h1-24H,25-26H2. The summed E-state index contributed by atoms with van der Waals surface area (Å²) in [6.07, 6.45) is -7.26. The Balaban J connectivity index is 1.51. The molecule has 2 aliphatic heterocycles. The molecule has 0 aliphatic carbocycles. The van der Waals surface area contributed by atoms with E-state index in [1.54, 1.807) is 12.1 Å². The van der Waals surface area contributed by atoms with Gasteiger partial charge in [-0.1, -0.05) is 121 Å². The zero-order valence-electron chi connectivity index (χ0n) is 26.3. The van der Waals surface area contributed by atoms with E-state index in [2.05, 4.69) is 0 Å². The highest BCUT2D eigenvalue weighted by atomic mass is 31.1. The topological polar surface area (TPSA) is 36.9 Å². The van der Waals surface area contributed by atoms with Crippen molar-refractivity contribution < 1.29 is 36.5 Å². The molecular formula is C40H28F4O4P2. The maximum atomic E-state index is 15.3. The van der Waals surface area contributed by atoms with Gasteiger partial charge in [-0.2, -0.15) is 17.6 Å². The van der Waals surface area contributed by atoms with Gasteiger partial charge in [0.2, 0.25) is 0 Å². The second-order valence-corrected chi connectivity index (χ2v) is 16.0. The van der Waals surface area contributed by atoms with Gasteiger partial charge in [-0.3, -0.25) is 0 Å². The van der Waals surface area contributed by atoms with Crippen LogP contribution in [-0.4, -0.2) is 25.4 Å². The summed E-state index contributed by atoms with van der Waals surface area (Å²) in [6, 6.07) is 45.8. The highest BCUT2D eigenvalue weighted by molar-refractivity contribution is 7.80. The molecule has 50 heavy (non-hydrogen) atoms. The fourth-order valence-electron chi connectivity index (χ4n) is 6.25. The van der Waals surface area contributed by atoms with Crippen molar-refractivity contribution in [2.75, 3.05) is 13.2 Å². The monoisotopic (exact) mass is 710 g/mol. The first-order valence-corrected chi connectivity index (χ1v) is 18.5. The van der Waals surface area contributed by atoms with E-state index in [1.165, 1.54) is 6.07 Å². The molecule has 0 saturated carbocycles. The number of hydrogen-bond acceptors (Lipinski definition) is 4. The SMILES string of the molecule is FC1(F)COc2c(ccc(P(c3ccccc3)c3ccccc3)c2-c2c(P(c3ccccc3)c3ccccc3)ccc3c2OC(F)(F)CO3)O1. The van der Waals surface area contributed by atoms with Crippen LogP contribution in [0.25, 0.3) is 11.1 Å². The quantitative estimate of drug-likeness (QED) is 0.126. The van der Waals surface area contributed by atoms with E-state index in [-0.39, 0.29) is 28.6 Å². The summed E-state index contributed by atoms with van der Waals surface area (Å²) in [5.41, 5.74) is 0.616. The highest BCUT2D eigenvalue weighted by Crippen LogP contribution is 2.54. The van der Waals surface area contributed by atoms with Crippen molar-refractivity contribution >= 4 is 47.7 Å². The molecule has 0 N–H and O–H groups in total. The van der Waals surface area contributed by atoms with Gasteiger partial charge in [-0.05, 0) is 71.9 Å². The van der Waals surface area contributed by atoms with Crippen molar-refractivity contribution in [3.63, 3.8) is 0 Å². The van der Waals surface area contributed by atoms with Crippen LogP contribution in [0.15, 0.2) is 146 Å². The largest absolute Gasteiger partial charge is 0.479 e. The van der Waals surface area contributed by atoms with Crippen molar-refractivity contribution in [3.8, 4) is 34.1 Å². The number of alkyl halides is 4. The molecule has 0 spiro atoms. The van der Waals surface area contributed by atoms with Gasteiger partial charge in [0, 0.05) is 11.1 Å². The number of hydrogen-bond donors (Lipinski definition) is 0. The van der Waals surface area contributed by atoms with E-state index in [9.17, 15) is 8.78 Å². The Hall–Kier alpha value is -4.90. The molecule has 0 unspecified atom stereocenters. The van der Waals surface area contributed by atoms with Crippen molar-refractivity contribution in [2.24, 2.45) is 0 Å². The van der Waals surface area contributed by atoms with Crippen LogP contribution in [-0.2, 0) is 0 Å². The van der Waals surface area contributed by atoms with Gasteiger partial charge >= 0.3 is 12.2 Å². The fraction of sp³-hybridized carbons (Fsp3) is 0.100. The Morgan fingerprint density at radius 1 is 0.400 bits per heavy atom. The zero-order valence-corrected chi connectivity index (χ0v) is 28.1. The minimum atomic E-state index is -3.66. The third kappa shape index (κ3) is 6.19. The molecule has 10 heteroatoms. The third-order valence-electron chi connectivity index (χ3n) is 8.28. The summed E-state index contributed by atoms with van der Waals surface area (Å²) in [7, 11) is -2.83. The van der Waals surface area contributed by atoms with Gasteiger partial charge in [-0.25, -0.2) is 0 Å². The lowest BCUT2D eigenvalue weighted by Crippen LogP contribution is -2.38. The van der Waals surface area contributed by atoms with E-state index in [0.29, 0.717) is 16.2 Å². The highest BCUT2D eigenvalue weighted by Gasteiger charge is 2.44. The lowest BCUT2D eigenvalue weighted by molar-refractivity contribution is -0.208. The van der Waals surface area contributed by atoms with Crippen molar-refractivity contribution in [3.05, 3.63) is 146 Å². The van der Waals surface area contributed by atoms with Crippen LogP contribution in [0, 0.1) is 0 Å². The average Bonchev–Trinajstić information content (AvgIpc) is 3.13. The number of halogens is 4. The first-order chi connectivity index (χ1) is 24.3. The molecule has 0 bridgehead atoms. The fourth-order valence-corrected chi connectivity index (χ4v) is 11.2. The van der Waals surface area contributed by atoms with E-state index in [0.717, 1.165) is 21.2 Å². The Labute approximate surface area is 288 Å². The molecular weight excluding hydrogens is 682 g/mol. The van der Waals surface area contributed by atoms with Crippen molar-refractivity contribution in [2.45, 2.75) is 12.2 Å². The van der Waals surface area contributed by atoms with Gasteiger partial charge in [0.25, 0.3) is 0 Å². The zero-order chi connectivity index (χ0) is 34.3. The van der Waals surface area contributed by atoms with Gasteiger partial charge in [0.1, 0.15) is 0 Å². The Bertz CT molecular complexity index is 2060. The number of benzene rings is 6. The van der Waals surface area contributed by atoms with E-state index in [1.807, 2.05) is 127 Å². The maximum Gasteiger partial charge on any atom is 0.433 e. The Kier molecular flexibility index (Phi) is 8.46. The van der Waals surface area contributed by atoms with Crippen LogP contribution >= 0.6 is 15.8 Å². The third-order valence-corrected chi connectivity index (χ3v) is 13.2. The van der Waals surface area contributed by atoms with E-state index in [4.69, 9.17) is 18.9 Å². The second-order valence-electron chi connectivity index (χ2n) is 11.6. The lowest BCUT2D eigenvalue weighted by atomic mass is 10.0. The predicted molar refractivity (Wildman–Crippen MR) is 191 cm³/mol. The molecule has 0 aromatic heterocycles. The molecule has 250 valence electrons. The van der Waals surface area contributed by atoms with Crippen LogP contribution < -0.4 is 50.8 Å². The molecule has 2 aliphatic rings. The minimum absolute atomic E-state index is 0.0241. The van der Waals surface area contributed by atoms with Gasteiger partial charge in [0.15, 0.2) is 36.2 Å². The molecule has 0 radical (unpaired) electrons. The normalized spacial score (nSPS) is 15.6. The summed E-state index contributed by atoms with van der Waals surface area (Å²) in [4.78, 5) is 0. The molecule has 6 aromatic carbocycles. The maximum absolute atomic E-state index is 15.3. The van der Waals surface area contributed by atoms with Crippen molar-refractivity contribution in [1.29, 1.82) is 0 Å². The molecule has 0 fully saturated rings. The van der Waals surface area contributed by atoms with E-state index >= 15 is 8.78 Å². The molecule has 8 rings (SSSR count). The number of ether oxygens (including phenoxy) is 4. The molecule has 4 nitrogen and oxygen atoms in total. The first kappa shape index (κ1) is 32.3. The van der Waals surface area contributed by atoms with Crippen LogP contribution in [0.5, 0.6) is 23.0 Å². The molecule has 0 saturated heterocycles. The number of fused-ring (bicyclic) bond motifs is 2. The van der Waals surface area contributed by atoms with Gasteiger partial charge < -0.3 is 18.9 Å². The summed E-state index contributed by atoms with van der Waals surface area (Å²) >= 11 is 0. The van der Waals surface area contributed by atoms with Crippen LogP contribution in [0.3, 0.4) is 0 Å². The van der Waals surface area contributed by atoms with Crippen LogP contribution in [0.2, 0.25) is 0 Å². The second kappa shape index (κ2) is 13.1. The summed E-state index contributed by atoms with van der Waals surface area (Å²) < 4.78 is 82.4. The summed E-state index contributed by atoms with van der Waals surface area (Å²) in [6.45, 7) is -2.04. The van der Waals surface area contributed by atoms with E-state index < -0.39 is 41.3 Å². The van der Waals surface area contributed by atoms with Crippen LogP contribution in [0.4, 0.5) is 17.6 Å².